The minimum Gasteiger partial charge on any atom is -0.323 e. The third-order valence-corrected chi connectivity index (χ3v) is 3.33. The predicted octanol–water partition coefficient (Wildman–Crippen LogP) is 0.436. The molecule has 0 fully saturated rings. The molecule has 1 atom stereocenters. The number of aromatic nitrogens is 1. The molecule has 1 aromatic rings. The minimum atomic E-state index is -3.12. The van der Waals surface area contributed by atoms with Crippen molar-refractivity contribution < 1.29 is 13.2 Å². The van der Waals surface area contributed by atoms with Crippen molar-refractivity contribution in [2.45, 2.75) is 12.5 Å². The molecule has 1 heterocycles. The van der Waals surface area contributed by atoms with Crippen LogP contribution in [0.1, 0.15) is 6.42 Å². The SMILES string of the molecule is CS(=O)(=O)CCC(N)C(=O)Nc1ccc(Cl)nc1. The number of sulfone groups is 1. The van der Waals surface area contributed by atoms with E-state index in [0.717, 1.165) is 6.26 Å². The Balaban J connectivity index is 2.52. The van der Waals surface area contributed by atoms with Gasteiger partial charge in [-0.3, -0.25) is 4.79 Å². The van der Waals surface area contributed by atoms with E-state index in [0.29, 0.717) is 10.8 Å². The minimum absolute atomic E-state index is 0.0751. The highest BCUT2D eigenvalue weighted by Gasteiger charge is 2.16. The second-order valence-corrected chi connectivity index (χ2v) is 6.53. The lowest BCUT2D eigenvalue weighted by atomic mass is 10.2. The Morgan fingerprint density at radius 2 is 2.22 bits per heavy atom. The van der Waals surface area contributed by atoms with E-state index >= 15 is 0 Å². The van der Waals surface area contributed by atoms with Crippen molar-refractivity contribution in [2.24, 2.45) is 5.73 Å². The molecule has 1 amide bonds. The molecule has 100 valence electrons. The smallest absolute Gasteiger partial charge is 0.241 e. The summed E-state index contributed by atoms with van der Waals surface area (Å²) >= 11 is 5.60. The molecule has 0 saturated heterocycles. The number of carbonyl (C=O) groups is 1. The van der Waals surface area contributed by atoms with Gasteiger partial charge < -0.3 is 11.1 Å². The zero-order chi connectivity index (χ0) is 13.8. The van der Waals surface area contributed by atoms with E-state index in [1.54, 1.807) is 6.07 Å². The van der Waals surface area contributed by atoms with Gasteiger partial charge in [0.1, 0.15) is 15.0 Å². The van der Waals surface area contributed by atoms with Crippen LogP contribution in [0.4, 0.5) is 5.69 Å². The van der Waals surface area contributed by atoms with Gasteiger partial charge in [0.15, 0.2) is 0 Å². The molecule has 6 nitrogen and oxygen atoms in total. The van der Waals surface area contributed by atoms with E-state index in [4.69, 9.17) is 17.3 Å². The fourth-order valence-electron chi connectivity index (χ4n) is 1.16. The summed E-state index contributed by atoms with van der Waals surface area (Å²) in [5.41, 5.74) is 6.04. The quantitative estimate of drug-likeness (QED) is 0.766. The standard InChI is InChI=1S/C10H14ClN3O3S/c1-18(16,17)5-4-8(12)10(15)14-7-2-3-9(11)13-6-7/h2-3,6,8H,4-5,12H2,1H3,(H,14,15). The summed E-state index contributed by atoms with van der Waals surface area (Å²) in [6.45, 7) is 0. The zero-order valence-corrected chi connectivity index (χ0v) is 11.3. The first-order chi connectivity index (χ1) is 8.28. The predicted molar refractivity (Wildman–Crippen MR) is 70.2 cm³/mol. The van der Waals surface area contributed by atoms with Crippen LogP contribution in [-0.4, -0.2) is 37.4 Å². The normalized spacial score (nSPS) is 13.1. The van der Waals surface area contributed by atoms with Crippen molar-refractivity contribution in [3.05, 3.63) is 23.5 Å². The largest absolute Gasteiger partial charge is 0.323 e. The van der Waals surface area contributed by atoms with Crippen LogP contribution in [0.3, 0.4) is 0 Å². The van der Waals surface area contributed by atoms with E-state index < -0.39 is 21.8 Å². The van der Waals surface area contributed by atoms with Gasteiger partial charge in [0.25, 0.3) is 0 Å². The molecule has 0 bridgehead atoms. The third kappa shape index (κ3) is 5.44. The van der Waals surface area contributed by atoms with E-state index in [1.165, 1.54) is 12.3 Å². The summed E-state index contributed by atoms with van der Waals surface area (Å²) < 4.78 is 21.9. The average Bonchev–Trinajstić information content (AvgIpc) is 2.28. The van der Waals surface area contributed by atoms with E-state index in [-0.39, 0.29) is 12.2 Å². The van der Waals surface area contributed by atoms with Crippen LogP contribution in [0, 0.1) is 0 Å². The van der Waals surface area contributed by atoms with Crippen LogP contribution in [-0.2, 0) is 14.6 Å². The summed E-state index contributed by atoms with van der Waals surface area (Å²) in [7, 11) is -3.12. The molecule has 3 N–H and O–H groups in total. The number of nitrogens with one attached hydrogen (secondary N) is 1. The Hall–Kier alpha value is -1.18. The van der Waals surface area contributed by atoms with Crippen LogP contribution in [0.2, 0.25) is 5.15 Å². The fourth-order valence-corrected chi connectivity index (χ4v) is 1.95. The Kier molecular flexibility index (Phi) is 5.06. The first-order valence-electron chi connectivity index (χ1n) is 5.13. The Labute approximate surface area is 110 Å². The van der Waals surface area contributed by atoms with Crippen molar-refractivity contribution in [3.8, 4) is 0 Å². The van der Waals surface area contributed by atoms with Gasteiger partial charge in [-0.05, 0) is 18.6 Å². The fraction of sp³-hybridized carbons (Fsp3) is 0.400. The molecule has 0 spiro atoms. The number of amides is 1. The first-order valence-corrected chi connectivity index (χ1v) is 7.57. The van der Waals surface area contributed by atoms with Gasteiger partial charge in [0.2, 0.25) is 5.91 Å². The molecule has 0 aliphatic heterocycles. The van der Waals surface area contributed by atoms with Gasteiger partial charge in [0.05, 0.1) is 23.7 Å². The van der Waals surface area contributed by atoms with Crippen molar-refractivity contribution in [2.75, 3.05) is 17.3 Å². The average molecular weight is 292 g/mol. The number of anilines is 1. The molecule has 0 radical (unpaired) electrons. The third-order valence-electron chi connectivity index (χ3n) is 2.13. The molecule has 8 heteroatoms. The molecule has 18 heavy (non-hydrogen) atoms. The summed E-state index contributed by atoms with van der Waals surface area (Å²) in [4.78, 5) is 15.4. The number of nitrogens with two attached hydrogens (primary N) is 1. The molecule has 0 saturated carbocycles. The highest BCUT2D eigenvalue weighted by atomic mass is 35.5. The monoisotopic (exact) mass is 291 g/mol. The topological polar surface area (TPSA) is 102 Å². The molecule has 0 aliphatic rings. The van der Waals surface area contributed by atoms with Crippen LogP contribution >= 0.6 is 11.6 Å². The van der Waals surface area contributed by atoms with Crippen LogP contribution in [0.15, 0.2) is 18.3 Å². The van der Waals surface area contributed by atoms with Gasteiger partial charge >= 0.3 is 0 Å². The summed E-state index contributed by atoms with van der Waals surface area (Å²) in [5, 5.41) is 2.84. The number of rotatable bonds is 5. The Bertz CT molecular complexity index is 516. The molecule has 1 aromatic heterocycles. The maximum atomic E-state index is 11.6. The second-order valence-electron chi connectivity index (χ2n) is 3.88. The lowest BCUT2D eigenvalue weighted by Gasteiger charge is -2.11. The number of pyridine rings is 1. The number of halogens is 1. The lowest BCUT2D eigenvalue weighted by Crippen LogP contribution is -2.37. The number of nitrogens with zero attached hydrogens (tertiary/aromatic N) is 1. The van der Waals surface area contributed by atoms with Gasteiger partial charge in [-0.25, -0.2) is 13.4 Å². The first kappa shape index (κ1) is 14.9. The number of hydrogen-bond acceptors (Lipinski definition) is 5. The highest BCUT2D eigenvalue weighted by molar-refractivity contribution is 7.90. The van der Waals surface area contributed by atoms with Crippen LogP contribution in [0.5, 0.6) is 0 Å². The highest BCUT2D eigenvalue weighted by Crippen LogP contribution is 2.10. The number of carbonyl (C=O) groups excluding carboxylic acids is 1. The maximum Gasteiger partial charge on any atom is 0.241 e. The van der Waals surface area contributed by atoms with Gasteiger partial charge in [-0.1, -0.05) is 11.6 Å². The van der Waals surface area contributed by atoms with Crippen LogP contribution < -0.4 is 11.1 Å². The van der Waals surface area contributed by atoms with E-state index in [2.05, 4.69) is 10.3 Å². The van der Waals surface area contributed by atoms with Crippen molar-refractivity contribution in [3.63, 3.8) is 0 Å². The summed E-state index contributed by atoms with van der Waals surface area (Å²) in [6.07, 6.45) is 2.57. The van der Waals surface area contributed by atoms with E-state index in [9.17, 15) is 13.2 Å². The molecule has 1 unspecified atom stereocenters. The van der Waals surface area contributed by atoms with Crippen molar-refractivity contribution in [1.29, 1.82) is 0 Å². The Morgan fingerprint density at radius 3 is 2.72 bits per heavy atom. The Morgan fingerprint density at radius 1 is 1.56 bits per heavy atom. The van der Waals surface area contributed by atoms with Crippen molar-refractivity contribution in [1.82, 2.24) is 4.98 Å². The zero-order valence-electron chi connectivity index (χ0n) is 9.76. The van der Waals surface area contributed by atoms with E-state index in [1.807, 2.05) is 0 Å². The second kappa shape index (κ2) is 6.12. The summed E-state index contributed by atoms with van der Waals surface area (Å²) in [5.74, 6) is -0.580. The molecule has 0 aromatic carbocycles. The summed E-state index contributed by atoms with van der Waals surface area (Å²) in [6, 6.07) is 2.23. The number of hydrogen-bond donors (Lipinski definition) is 2. The molecule has 0 aliphatic carbocycles. The molecular weight excluding hydrogens is 278 g/mol. The van der Waals surface area contributed by atoms with Gasteiger partial charge in [-0.2, -0.15) is 0 Å². The van der Waals surface area contributed by atoms with Crippen molar-refractivity contribution >= 4 is 33.0 Å². The maximum absolute atomic E-state index is 11.6. The molecule has 1 rings (SSSR count). The van der Waals surface area contributed by atoms with Crippen LogP contribution in [0.25, 0.3) is 0 Å². The van der Waals surface area contributed by atoms with Gasteiger partial charge in [0, 0.05) is 6.26 Å². The molecular formula is C10H14ClN3O3S. The lowest BCUT2D eigenvalue weighted by molar-refractivity contribution is -0.117. The van der Waals surface area contributed by atoms with Gasteiger partial charge in [-0.15, -0.1) is 0 Å².